The summed E-state index contributed by atoms with van der Waals surface area (Å²) in [5.74, 6) is -4.33. The number of carboxylic acid groups (broad SMARTS) is 1. The number of carbonyl (C=O) groups excluding carboxylic acids is 6. The number of phenols is 1. The van der Waals surface area contributed by atoms with Crippen LogP contribution in [-0.4, -0.2) is 78.9 Å². The summed E-state index contributed by atoms with van der Waals surface area (Å²) in [7, 11) is 0. The van der Waals surface area contributed by atoms with E-state index in [1.54, 1.807) is 38.1 Å². The van der Waals surface area contributed by atoms with Gasteiger partial charge in [-0.2, -0.15) is 0 Å². The number of hydrogen-bond donors (Lipinski definition) is 7. The van der Waals surface area contributed by atoms with Gasteiger partial charge in [0.05, 0.1) is 12.0 Å². The second-order valence-corrected chi connectivity index (χ2v) is 13.7. The van der Waals surface area contributed by atoms with Gasteiger partial charge in [0.15, 0.2) is 0 Å². The summed E-state index contributed by atoms with van der Waals surface area (Å²) in [6.07, 6.45) is 0. The number of anilines is 1. The number of hydrogen-bond acceptors (Lipinski definition) is 10. The number of phenolic OH excluding ortho intramolecular Hbond substituents is 1. The Balaban J connectivity index is 0.00000562. The van der Waals surface area contributed by atoms with Crippen molar-refractivity contribution in [2.45, 2.75) is 55.1 Å². The van der Waals surface area contributed by atoms with Crippen LogP contribution in [0.1, 0.15) is 42.7 Å². The Morgan fingerprint density at radius 2 is 1.60 bits per heavy atom. The van der Waals surface area contributed by atoms with Gasteiger partial charge >= 0.3 is 35.6 Å². The summed E-state index contributed by atoms with van der Waals surface area (Å²) >= 11 is 1.20. The summed E-state index contributed by atoms with van der Waals surface area (Å²) in [4.78, 5) is 91.7. The molecule has 0 radical (unpaired) electrons. The van der Waals surface area contributed by atoms with E-state index in [0.29, 0.717) is 16.9 Å². The van der Waals surface area contributed by atoms with Crippen molar-refractivity contribution < 1.29 is 68.5 Å². The summed E-state index contributed by atoms with van der Waals surface area (Å²) in [6, 6.07) is 9.10. The third-order valence-corrected chi connectivity index (χ3v) is 9.67. The molecule has 0 bridgehead atoms. The van der Waals surface area contributed by atoms with Crippen LogP contribution in [0.15, 0.2) is 65.5 Å². The summed E-state index contributed by atoms with van der Waals surface area (Å²) in [6.45, 7) is 4.78. The Hall–Kier alpha value is -4.84. The molecule has 2 aliphatic heterocycles. The van der Waals surface area contributed by atoms with Crippen molar-refractivity contribution in [2.24, 2.45) is 5.73 Å². The van der Waals surface area contributed by atoms with Gasteiger partial charge in [-0.05, 0) is 68.3 Å². The Morgan fingerprint density at radius 3 is 2.18 bits per heavy atom. The number of rotatable bonds is 10. The molecule has 2 saturated heterocycles. The molecular weight excluding hydrogens is 681 g/mol. The van der Waals surface area contributed by atoms with E-state index >= 15 is 0 Å². The standard InChI is InChI=1S/C32H33N7O9S.Na/c1-14(34-31(33)48)24(41)35-17-8-4-15(5-9-17)20-13-12-19(25(42)36-20)26(43)37-21(16-6-10-18(40)11-7-16)27(44)38-22-28(45)39-23(30(46)47)32(2,3)49-29(22)39;/h4-14,21-23,29,40H,1-3H3,(H,35,41)(H,36,42)(H,37,43)(H,38,44)(H,46,47)(H3,33,34,48);/q;+1/p-1/t14?,21?,22-,23+,29-;/m1./s1. The van der Waals surface area contributed by atoms with Crippen molar-refractivity contribution in [3.05, 3.63) is 82.1 Å². The fourth-order valence-electron chi connectivity index (χ4n) is 5.62. The van der Waals surface area contributed by atoms with E-state index in [2.05, 4.69) is 26.3 Å². The normalized spacial score (nSPS) is 19.8. The number of nitrogens with one attached hydrogen (secondary N) is 5. The molecule has 0 saturated carbocycles. The molecule has 50 heavy (non-hydrogen) atoms. The number of carbonyl (C=O) groups is 6. The average molecular weight is 714 g/mol. The monoisotopic (exact) mass is 713 g/mol. The van der Waals surface area contributed by atoms with E-state index in [0.717, 1.165) is 4.90 Å². The molecule has 6 amide bonds. The number of H-pyrrole nitrogens is 1. The van der Waals surface area contributed by atoms with Gasteiger partial charge in [-0.25, -0.2) is 4.79 Å². The van der Waals surface area contributed by atoms with Crippen molar-refractivity contribution in [2.75, 3.05) is 5.32 Å². The van der Waals surface area contributed by atoms with E-state index < -0.39 is 75.5 Å². The van der Waals surface area contributed by atoms with E-state index in [1.165, 1.54) is 55.1 Å². The van der Waals surface area contributed by atoms with Crippen molar-refractivity contribution in [3.63, 3.8) is 0 Å². The fraction of sp³-hybridized carbons (Fsp3) is 0.281. The van der Waals surface area contributed by atoms with Crippen LogP contribution in [-0.2, 0) is 19.2 Å². The molecular formula is C32H32N7NaO9S. The van der Waals surface area contributed by atoms with Crippen molar-refractivity contribution in [1.82, 2.24) is 25.8 Å². The number of fused-ring (bicyclic) bond motifs is 1. The van der Waals surface area contributed by atoms with E-state index in [4.69, 9.17) is 5.73 Å². The molecule has 3 aromatic rings. The number of aromatic amines is 1. The van der Waals surface area contributed by atoms with Gasteiger partial charge in [-0.1, -0.05) is 24.3 Å². The van der Waals surface area contributed by atoms with Crippen LogP contribution < -0.4 is 67.2 Å². The van der Waals surface area contributed by atoms with Gasteiger partial charge in [0.25, 0.3) is 11.5 Å². The number of β-lactam (4-membered cyclic amide) rings is 1. The van der Waals surface area contributed by atoms with Crippen LogP contribution in [0.3, 0.4) is 0 Å². The molecule has 18 heteroatoms. The molecule has 16 nitrogen and oxygen atoms in total. The van der Waals surface area contributed by atoms with Gasteiger partial charge in [-0.15, -0.1) is 11.8 Å². The number of thioether (sulfide) groups is 1. The third-order valence-electron chi connectivity index (χ3n) is 8.10. The topological polar surface area (TPSA) is 256 Å². The second kappa shape index (κ2) is 15.0. The Kier molecular flexibility index (Phi) is 11.4. The predicted molar refractivity (Wildman–Crippen MR) is 175 cm³/mol. The zero-order valence-corrected chi connectivity index (χ0v) is 30.1. The van der Waals surface area contributed by atoms with Crippen molar-refractivity contribution in [3.8, 4) is 17.0 Å². The van der Waals surface area contributed by atoms with Crippen LogP contribution >= 0.6 is 11.8 Å². The average Bonchev–Trinajstić information content (AvgIpc) is 3.30. The van der Waals surface area contributed by atoms with E-state index in [1.807, 2.05) is 0 Å². The number of nitrogens with zero attached hydrogens (tertiary/aromatic N) is 1. The minimum Gasteiger partial charge on any atom is -0.548 e. The molecule has 1 aromatic heterocycles. The molecule has 2 aromatic carbocycles. The van der Waals surface area contributed by atoms with Crippen LogP contribution in [0.4, 0.5) is 10.5 Å². The largest absolute Gasteiger partial charge is 1.00 e. The minimum absolute atomic E-state index is 0. The van der Waals surface area contributed by atoms with Gasteiger partial charge in [0.2, 0.25) is 17.7 Å². The number of benzene rings is 2. The molecule has 8 N–H and O–H groups in total. The van der Waals surface area contributed by atoms with Gasteiger partial charge < -0.3 is 51.9 Å². The summed E-state index contributed by atoms with van der Waals surface area (Å²) < 4.78 is -0.877. The molecule has 3 heterocycles. The molecule has 5 atom stereocenters. The number of aromatic hydroxyl groups is 1. The maximum absolute atomic E-state index is 13.6. The molecule has 2 fully saturated rings. The number of pyridine rings is 1. The van der Waals surface area contributed by atoms with Crippen LogP contribution in [0.2, 0.25) is 0 Å². The van der Waals surface area contributed by atoms with Crippen LogP contribution in [0.25, 0.3) is 11.3 Å². The number of aromatic nitrogens is 1. The van der Waals surface area contributed by atoms with Crippen molar-refractivity contribution >= 4 is 53.1 Å². The number of nitrogens with two attached hydrogens (primary N) is 1. The third kappa shape index (κ3) is 7.80. The first-order chi connectivity index (χ1) is 23.1. The number of carboxylic acids is 1. The predicted octanol–water partition coefficient (Wildman–Crippen LogP) is -3.49. The van der Waals surface area contributed by atoms with Crippen LogP contribution in [0, 0.1) is 0 Å². The quantitative estimate of drug-likeness (QED) is 0.0807. The smallest absolute Gasteiger partial charge is 0.548 e. The Labute approximate surface area is 311 Å². The minimum atomic E-state index is -1.41. The molecule has 256 valence electrons. The first-order valence-corrected chi connectivity index (χ1v) is 15.8. The molecule has 2 unspecified atom stereocenters. The van der Waals surface area contributed by atoms with Gasteiger partial charge in [0, 0.05) is 16.1 Å². The maximum atomic E-state index is 13.6. The van der Waals surface area contributed by atoms with E-state index in [9.17, 15) is 43.8 Å². The fourth-order valence-corrected chi connectivity index (χ4v) is 7.24. The second-order valence-electron chi connectivity index (χ2n) is 12.0. The zero-order valence-electron chi connectivity index (χ0n) is 27.3. The van der Waals surface area contributed by atoms with E-state index in [-0.39, 0.29) is 46.4 Å². The summed E-state index contributed by atoms with van der Waals surface area (Å²) in [5, 5.41) is 30.9. The van der Waals surface area contributed by atoms with Crippen molar-refractivity contribution in [1.29, 1.82) is 0 Å². The Bertz CT molecular complexity index is 1900. The van der Waals surface area contributed by atoms with Gasteiger partial charge in [0.1, 0.15) is 34.8 Å². The number of urea groups is 1. The number of primary amides is 1. The number of amides is 6. The molecule has 2 aliphatic rings. The zero-order chi connectivity index (χ0) is 35.8. The number of aliphatic carboxylic acids is 1. The summed E-state index contributed by atoms with van der Waals surface area (Å²) in [5.41, 5.74) is 5.48. The molecule has 0 aliphatic carbocycles. The SMILES string of the molecule is CC(NC(N)=O)C(=O)Nc1ccc(-c2ccc(C(=O)NC(C(=O)N[C@@H]3C(=O)N4[C@@H]3SC(C)(C)[C@@H]4C(=O)[O-])c3ccc(O)cc3)c(=O)[nH]2)cc1.[Na+]. The van der Waals surface area contributed by atoms with Crippen LogP contribution in [0.5, 0.6) is 5.75 Å². The maximum Gasteiger partial charge on any atom is 1.00 e. The molecule has 5 rings (SSSR count). The molecule has 0 spiro atoms. The van der Waals surface area contributed by atoms with Gasteiger partial charge in [-0.3, -0.25) is 24.0 Å². The first-order valence-electron chi connectivity index (χ1n) is 14.9. The Morgan fingerprint density at radius 1 is 0.960 bits per heavy atom. The first kappa shape index (κ1) is 38.0.